The number of nitrogens with one attached hydrogen (secondary N) is 1. The summed E-state index contributed by atoms with van der Waals surface area (Å²) in [5.41, 5.74) is 0.129. The van der Waals surface area contributed by atoms with E-state index in [-0.39, 0.29) is 25.0 Å². The molecule has 4 unspecified atom stereocenters. The fraction of sp³-hybridized carbons (Fsp3) is 0.320. The van der Waals surface area contributed by atoms with Crippen LogP contribution in [0.5, 0.6) is 11.5 Å². The smallest absolute Gasteiger partial charge is 0.407 e. The SMILES string of the molecule is COc1cc(COC(=O)NCC23C=CC(O2)C2C(=O)N(c4ccccc4)C(=O)C23)cc(OC)c1. The summed E-state index contributed by atoms with van der Waals surface area (Å²) >= 11 is 0. The summed E-state index contributed by atoms with van der Waals surface area (Å²) in [5, 5.41) is 2.69. The first-order chi connectivity index (χ1) is 16.5. The van der Waals surface area contributed by atoms with Crippen LogP contribution in [0.1, 0.15) is 5.56 Å². The largest absolute Gasteiger partial charge is 0.497 e. The van der Waals surface area contributed by atoms with Gasteiger partial charge in [-0.2, -0.15) is 0 Å². The Bertz CT molecular complexity index is 1140. The van der Waals surface area contributed by atoms with Crippen LogP contribution in [0.4, 0.5) is 10.5 Å². The van der Waals surface area contributed by atoms with E-state index in [1.165, 1.54) is 19.1 Å². The van der Waals surface area contributed by atoms with Gasteiger partial charge in [-0.3, -0.25) is 9.59 Å². The quantitative estimate of drug-likeness (QED) is 0.496. The molecule has 176 valence electrons. The minimum atomic E-state index is -1.09. The number of anilines is 1. The third kappa shape index (κ3) is 3.58. The lowest BCUT2D eigenvalue weighted by Gasteiger charge is -2.28. The van der Waals surface area contributed by atoms with E-state index in [4.69, 9.17) is 18.9 Å². The van der Waals surface area contributed by atoms with Gasteiger partial charge in [0, 0.05) is 6.07 Å². The van der Waals surface area contributed by atoms with Crippen LogP contribution >= 0.6 is 0 Å². The summed E-state index contributed by atoms with van der Waals surface area (Å²) in [5.74, 6) is -0.772. The van der Waals surface area contributed by atoms with Crippen LogP contribution in [-0.4, -0.2) is 50.4 Å². The minimum Gasteiger partial charge on any atom is -0.497 e. The molecule has 2 aromatic rings. The van der Waals surface area contributed by atoms with E-state index in [1.807, 2.05) is 6.07 Å². The summed E-state index contributed by atoms with van der Waals surface area (Å²) in [6, 6.07) is 14.0. The molecule has 2 fully saturated rings. The molecule has 2 aromatic carbocycles. The number of benzene rings is 2. The van der Waals surface area contributed by atoms with Gasteiger partial charge in [-0.05, 0) is 29.8 Å². The summed E-state index contributed by atoms with van der Waals surface area (Å²) in [7, 11) is 3.08. The lowest BCUT2D eigenvalue weighted by atomic mass is 9.77. The molecule has 2 bridgehead atoms. The molecule has 9 heteroatoms. The second-order valence-corrected chi connectivity index (χ2v) is 8.40. The molecule has 3 aliphatic heterocycles. The standard InChI is InChI=1S/C25H24N2O7/c1-31-17-10-15(11-18(12-17)32-2)13-33-24(30)26-14-25-9-8-19(34-25)20-21(25)23(29)27(22(20)28)16-6-4-3-5-7-16/h3-12,19-21H,13-14H2,1-2H3,(H,26,30). The van der Waals surface area contributed by atoms with Gasteiger partial charge < -0.3 is 24.3 Å². The van der Waals surface area contributed by atoms with Crippen molar-refractivity contribution in [2.75, 3.05) is 25.7 Å². The number of ether oxygens (including phenoxy) is 4. The van der Waals surface area contributed by atoms with Crippen molar-refractivity contribution in [3.05, 3.63) is 66.2 Å². The highest BCUT2D eigenvalue weighted by atomic mass is 16.6. The zero-order valence-electron chi connectivity index (χ0n) is 18.7. The second kappa shape index (κ2) is 8.49. The van der Waals surface area contributed by atoms with Crippen molar-refractivity contribution in [3.8, 4) is 11.5 Å². The van der Waals surface area contributed by atoms with E-state index in [0.717, 1.165) is 0 Å². The molecule has 0 saturated carbocycles. The first-order valence-corrected chi connectivity index (χ1v) is 10.9. The van der Waals surface area contributed by atoms with Gasteiger partial charge in [0.15, 0.2) is 0 Å². The van der Waals surface area contributed by atoms with Crippen LogP contribution in [0.15, 0.2) is 60.7 Å². The van der Waals surface area contributed by atoms with Gasteiger partial charge in [0.2, 0.25) is 11.8 Å². The molecule has 4 atom stereocenters. The fourth-order valence-electron chi connectivity index (χ4n) is 4.90. The number of carbonyl (C=O) groups is 3. The summed E-state index contributed by atoms with van der Waals surface area (Å²) in [6.45, 7) is 0.0000509. The molecule has 0 spiro atoms. The number of imide groups is 1. The van der Waals surface area contributed by atoms with Crippen LogP contribution in [0, 0.1) is 11.8 Å². The highest BCUT2D eigenvalue weighted by molar-refractivity contribution is 6.23. The maximum absolute atomic E-state index is 13.3. The molecule has 1 N–H and O–H groups in total. The van der Waals surface area contributed by atoms with E-state index in [9.17, 15) is 14.4 Å². The van der Waals surface area contributed by atoms with E-state index in [2.05, 4.69) is 5.32 Å². The van der Waals surface area contributed by atoms with Crippen molar-refractivity contribution in [3.63, 3.8) is 0 Å². The summed E-state index contributed by atoms with van der Waals surface area (Å²) in [6.07, 6.45) is 2.39. The number of amides is 3. The van der Waals surface area contributed by atoms with Gasteiger partial charge in [-0.1, -0.05) is 30.4 Å². The van der Waals surface area contributed by atoms with E-state index < -0.39 is 29.6 Å². The summed E-state index contributed by atoms with van der Waals surface area (Å²) in [4.78, 5) is 40.0. The second-order valence-electron chi connectivity index (χ2n) is 8.40. The molecule has 0 aromatic heterocycles. The predicted molar refractivity (Wildman–Crippen MR) is 120 cm³/mol. The van der Waals surface area contributed by atoms with Crippen molar-refractivity contribution < 1.29 is 33.3 Å². The molecule has 34 heavy (non-hydrogen) atoms. The van der Waals surface area contributed by atoms with Crippen molar-refractivity contribution in [2.45, 2.75) is 18.3 Å². The van der Waals surface area contributed by atoms with Gasteiger partial charge in [0.25, 0.3) is 0 Å². The molecule has 3 amide bonds. The average molecular weight is 464 g/mol. The van der Waals surface area contributed by atoms with Crippen LogP contribution < -0.4 is 19.7 Å². The number of rotatable bonds is 7. The lowest BCUT2D eigenvalue weighted by Crippen LogP contribution is -2.49. The van der Waals surface area contributed by atoms with E-state index in [0.29, 0.717) is 22.7 Å². The Morgan fingerprint density at radius 1 is 1.06 bits per heavy atom. The molecule has 9 nitrogen and oxygen atoms in total. The normalized spacial score (nSPS) is 26.5. The molecule has 5 rings (SSSR count). The molecule has 0 radical (unpaired) electrons. The Labute approximate surface area is 196 Å². The average Bonchev–Trinajstić information content (AvgIpc) is 3.51. The van der Waals surface area contributed by atoms with Gasteiger partial charge >= 0.3 is 6.09 Å². The van der Waals surface area contributed by atoms with Crippen LogP contribution in [0.2, 0.25) is 0 Å². The van der Waals surface area contributed by atoms with Crippen LogP contribution in [0.3, 0.4) is 0 Å². The highest BCUT2D eigenvalue weighted by Gasteiger charge is 2.67. The number of para-hydroxylation sites is 1. The number of hydrogen-bond acceptors (Lipinski definition) is 7. The van der Waals surface area contributed by atoms with E-state index >= 15 is 0 Å². The van der Waals surface area contributed by atoms with E-state index in [1.54, 1.807) is 54.6 Å². The Hall–Kier alpha value is -3.85. The van der Waals surface area contributed by atoms with Gasteiger partial charge in [-0.15, -0.1) is 0 Å². The topological polar surface area (TPSA) is 103 Å². The number of methoxy groups -OCH3 is 2. The number of alkyl carbamates (subject to hydrolysis) is 1. The van der Waals surface area contributed by atoms with Crippen molar-refractivity contribution in [2.24, 2.45) is 11.8 Å². The van der Waals surface area contributed by atoms with Gasteiger partial charge in [0.1, 0.15) is 23.7 Å². The van der Waals surface area contributed by atoms with Gasteiger partial charge in [-0.25, -0.2) is 9.69 Å². The van der Waals surface area contributed by atoms with Crippen molar-refractivity contribution >= 4 is 23.6 Å². The predicted octanol–water partition coefficient (Wildman–Crippen LogP) is 2.44. The Morgan fingerprint density at radius 2 is 1.76 bits per heavy atom. The zero-order valence-corrected chi connectivity index (χ0v) is 18.7. The van der Waals surface area contributed by atoms with Crippen LogP contribution in [0.25, 0.3) is 0 Å². The first kappa shape index (κ1) is 22.0. The third-order valence-electron chi connectivity index (χ3n) is 6.46. The number of carbonyl (C=O) groups excluding carboxylic acids is 3. The highest BCUT2D eigenvalue weighted by Crippen LogP contribution is 2.52. The Morgan fingerprint density at radius 3 is 2.44 bits per heavy atom. The zero-order chi connectivity index (χ0) is 23.9. The third-order valence-corrected chi connectivity index (χ3v) is 6.46. The molecule has 3 aliphatic rings. The van der Waals surface area contributed by atoms with Gasteiger partial charge in [0.05, 0.1) is 44.4 Å². The Kier molecular flexibility index (Phi) is 5.49. The first-order valence-electron chi connectivity index (χ1n) is 10.9. The number of nitrogens with zero attached hydrogens (tertiary/aromatic N) is 1. The molecule has 3 heterocycles. The fourth-order valence-corrected chi connectivity index (χ4v) is 4.90. The monoisotopic (exact) mass is 464 g/mol. The van der Waals surface area contributed by atoms with Crippen LogP contribution in [-0.2, 0) is 25.7 Å². The Balaban J connectivity index is 1.25. The number of fused-ring (bicyclic) bond motifs is 5. The molecular formula is C25H24N2O7. The maximum atomic E-state index is 13.3. The van der Waals surface area contributed by atoms with Crippen molar-refractivity contribution in [1.82, 2.24) is 5.32 Å². The molecule has 2 saturated heterocycles. The molecular weight excluding hydrogens is 440 g/mol. The molecule has 0 aliphatic carbocycles. The maximum Gasteiger partial charge on any atom is 0.407 e. The lowest BCUT2D eigenvalue weighted by molar-refractivity contribution is -0.126. The van der Waals surface area contributed by atoms with Crippen molar-refractivity contribution in [1.29, 1.82) is 0 Å². The summed E-state index contributed by atoms with van der Waals surface area (Å²) < 4.78 is 21.8. The minimum absolute atomic E-state index is 0.00301. The number of hydrogen-bond donors (Lipinski definition) is 1.